The zero-order chi connectivity index (χ0) is 14.5. The summed E-state index contributed by atoms with van der Waals surface area (Å²) in [6.45, 7) is 1.81. The van der Waals surface area contributed by atoms with Gasteiger partial charge in [0.15, 0.2) is 0 Å². The molecule has 1 aromatic rings. The lowest BCUT2D eigenvalue weighted by atomic mass is 10.1. The highest BCUT2D eigenvalue weighted by Crippen LogP contribution is 2.15. The number of rotatable bonds is 5. The summed E-state index contributed by atoms with van der Waals surface area (Å²) < 4.78 is 22.2. The number of nitrogens with one attached hydrogen (secondary N) is 1. The molecule has 0 heterocycles. The van der Waals surface area contributed by atoms with E-state index < -0.39 is 10.0 Å². The molecule has 1 atom stereocenters. The van der Waals surface area contributed by atoms with Gasteiger partial charge in [-0.1, -0.05) is 12.1 Å². The third-order valence-corrected chi connectivity index (χ3v) is 3.51. The lowest BCUT2D eigenvalue weighted by Crippen LogP contribution is -2.26. The molecule has 0 fully saturated rings. The minimum Gasteiger partial charge on any atom is -0.350 e. The Morgan fingerprint density at radius 3 is 2.47 bits per heavy atom. The van der Waals surface area contributed by atoms with Crippen molar-refractivity contribution in [2.75, 3.05) is 0 Å². The Kier molecular flexibility index (Phi) is 5.10. The van der Waals surface area contributed by atoms with E-state index in [1.807, 2.05) is 0 Å². The van der Waals surface area contributed by atoms with Crippen LogP contribution < -0.4 is 10.5 Å². The van der Waals surface area contributed by atoms with Gasteiger partial charge in [0.25, 0.3) is 0 Å². The Labute approximate surface area is 113 Å². The summed E-state index contributed by atoms with van der Waals surface area (Å²) >= 11 is 0. The molecular weight excluding hydrogens is 264 g/mol. The minimum atomic E-state index is -3.69. The maximum absolute atomic E-state index is 11.5. The predicted octanol–water partition coefficient (Wildman–Crippen LogP) is 0.925. The van der Waals surface area contributed by atoms with E-state index in [2.05, 4.69) is 11.2 Å². The quantitative estimate of drug-likeness (QED) is 0.786. The highest BCUT2D eigenvalue weighted by atomic mass is 32.2. The van der Waals surface area contributed by atoms with E-state index in [-0.39, 0.29) is 23.3 Å². The molecule has 0 saturated heterocycles. The Balaban J connectivity index is 2.71. The smallest absolute Gasteiger partial charge is 0.238 e. The first-order chi connectivity index (χ1) is 8.84. The van der Waals surface area contributed by atoms with E-state index in [0.717, 1.165) is 5.56 Å². The molecule has 0 aromatic heterocycles. The van der Waals surface area contributed by atoms with Gasteiger partial charge in [-0.2, -0.15) is 0 Å². The van der Waals surface area contributed by atoms with Crippen LogP contribution in [0.4, 0.5) is 0 Å². The Morgan fingerprint density at radius 2 is 2.00 bits per heavy atom. The summed E-state index contributed by atoms with van der Waals surface area (Å²) in [6.07, 6.45) is 5.74. The van der Waals surface area contributed by atoms with Gasteiger partial charge in [-0.05, 0) is 24.6 Å². The van der Waals surface area contributed by atoms with Crippen LogP contribution in [0, 0.1) is 12.3 Å². The molecule has 3 N–H and O–H groups in total. The van der Waals surface area contributed by atoms with Gasteiger partial charge in [0.05, 0.1) is 10.9 Å². The van der Waals surface area contributed by atoms with Gasteiger partial charge < -0.3 is 5.32 Å². The maximum Gasteiger partial charge on any atom is 0.238 e. The van der Waals surface area contributed by atoms with Crippen molar-refractivity contribution in [2.45, 2.75) is 30.7 Å². The maximum atomic E-state index is 11.5. The average molecular weight is 280 g/mol. The minimum absolute atomic E-state index is 0.0436. The molecule has 5 nitrogen and oxygen atoms in total. The van der Waals surface area contributed by atoms with Crippen LogP contribution in [-0.4, -0.2) is 14.3 Å². The van der Waals surface area contributed by atoms with E-state index in [0.29, 0.717) is 6.42 Å². The van der Waals surface area contributed by atoms with E-state index in [4.69, 9.17) is 11.6 Å². The topological polar surface area (TPSA) is 89.3 Å². The molecule has 0 aliphatic heterocycles. The second-order valence-corrected chi connectivity index (χ2v) is 5.67. The number of carbonyl (C=O) groups excluding carboxylic acids is 1. The second-order valence-electron chi connectivity index (χ2n) is 4.11. The number of carbonyl (C=O) groups is 1. The fourth-order valence-electron chi connectivity index (χ4n) is 1.53. The van der Waals surface area contributed by atoms with Crippen LogP contribution in [0.2, 0.25) is 0 Å². The molecule has 0 saturated carbocycles. The zero-order valence-electron chi connectivity index (χ0n) is 10.6. The fraction of sp³-hybridized carbons (Fsp3) is 0.308. The van der Waals surface area contributed by atoms with Gasteiger partial charge in [-0.15, -0.1) is 12.3 Å². The number of hydrogen-bond donors (Lipinski definition) is 2. The van der Waals surface area contributed by atoms with E-state index in [9.17, 15) is 13.2 Å². The number of hydrogen-bond acceptors (Lipinski definition) is 3. The van der Waals surface area contributed by atoms with Crippen molar-refractivity contribution >= 4 is 15.9 Å². The van der Waals surface area contributed by atoms with Gasteiger partial charge >= 0.3 is 0 Å². The summed E-state index contributed by atoms with van der Waals surface area (Å²) in [5, 5.41) is 7.78. The molecule has 19 heavy (non-hydrogen) atoms. The number of sulfonamides is 1. The zero-order valence-corrected chi connectivity index (χ0v) is 11.4. The number of amides is 1. The van der Waals surface area contributed by atoms with Crippen molar-refractivity contribution in [3.05, 3.63) is 29.8 Å². The van der Waals surface area contributed by atoms with E-state index in [1.54, 1.807) is 19.1 Å². The first kappa shape index (κ1) is 15.2. The van der Waals surface area contributed by atoms with Gasteiger partial charge in [0.2, 0.25) is 15.9 Å². The lowest BCUT2D eigenvalue weighted by molar-refractivity contribution is -0.121. The Bertz CT molecular complexity index is 585. The molecular formula is C13H16N2O3S. The van der Waals surface area contributed by atoms with Gasteiger partial charge in [0.1, 0.15) is 0 Å². The molecule has 0 aliphatic rings. The summed E-state index contributed by atoms with van der Waals surface area (Å²) in [4.78, 5) is 11.5. The Morgan fingerprint density at radius 1 is 1.42 bits per heavy atom. The number of benzene rings is 1. The van der Waals surface area contributed by atoms with Crippen LogP contribution in [-0.2, 0) is 14.8 Å². The molecule has 102 valence electrons. The Hall–Kier alpha value is -1.84. The van der Waals surface area contributed by atoms with Crippen LogP contribution in [0.15, 0.2) is 29.2 Å². The lowest BCUT2D eigenvalue weighted by Gasteiger charge is -2.14. The van der Waals surface area contributed by atoms with Crippen molar-refractivity contribution in [3.8, 4) is 12.3 Å². The molecule has 1 amide bonds. The highest BCUT2D eigenvalue weighted by molar-refractivity contribution is 7.89. The molecule has 0 radical (unpaired) electrons. The SMILES string of the molecule is C#CCCC(=O)NC(C)c1ccc(S(N)(=O)=O)cc1. The van der Waals surface area contributed by atoms with E-state index in [1.165, 1.54) is 12.1 Å². The van der Waals surface area contributed by atoms with Crippen LogP contribution in [0.1, 0.15) is 31.4 Å². The summed E-state index contributed by atoms with van der Waals surface area (Å²) in [7, 11) is -3.69. The van der Waals surface area contributed by atoms with Crippen molar-refractivity contribution in [1.29, 1.82) is 0 Å². The van der Waals surface area contributed by atoms with Crippen LogP contribution in [0.3, 0.4) is 0 Å². The summed E-state index contributed by atoms with van der Waals surface area (Å²) in [6, 6.07) is 5.83. The second kappa shape index (κ2) is 6.36. The molecule has 1 rings (SSSR count). The van der Waals surface area contributed by atoms with Gasteiger partial charge in [-0.3, -0.25) is 4.79 Å². The standard InChI is InChI=1S/C13H16N2O3S/c1-3-4-5-13(16)15-10(2)11-6-8-12(9-7-11)19(14,17)18/h1,6-10H,4-5H2,2H3,(H,15,16)(H2,14,17,18). The molecule has 1 aromatic carbocycles. The number of nitrogens with two attached hydrogens (primary N) is 1. The van der Waals surface area contributed by atoms with Crippen LogP contribution in [0.5, 0.6) is 0 Å². The summed E-state index contributed by atoms with van der Waals surface area (Å²) in [5.41, 5.74) is 0.793. The van der Waals surface area contributed by atoms with Gasteiger partial charge in [-0.25, -0.2) is 13.6 Å². The van der Waals surface area contributed by atoms with Crippen LogP contribution >= 0.6 is 0 Å². The van der Waals surface area contributed by atoms with Crippen molar-refractivity contribution in [2.24, 2.45) is 5.14 Å². The monoisotopic (exact) mass is 280 g/mol. The highest BCUT2D eigenvalue weighted by Gasteiger charge is 2.11. The first-order valence-electron chi connectivity index (χ1n) is 5.70. The third-order valence-electron chi connectivity index (χ3n) is 2.58. The third kappa shape index (κ3) is 4.73. The number of terminal acetylenes is 1. The molecule has 0 bridgehead atoms. The van der Waals surface area contributed by atoms with Gasteiger partial charge in [0, 0.05) is 12.8 Å². The predicted molar refractivity (Wildman–Crippen MR) is 72.4 cm³/mol. The molecule has 6 heteroatoms. The summed E-state index contributed by atoms with van der Waals surface area (Å²) in [5.74, 6) is 2.26. The largest absolute Gasteiger partial charge is 0.350 e. The molecule has 0 spiro atoms. The fourth-order valence-corrected chi connectivity index (χ4v) is 2.04. The van der Waals surface area contributed by atoms with Crippen molar-refractivity contribution in [1.82, 2.24) is 5.32 Å². The average Bonchev–Trinajstić information content (AvgIpc) is 2.35. The molecule has 0 aliphatic carbocycles. The van der Waals surface area contributed by atoms with Crippen molar-refractivity contribution in [3.63, 3.8) is 0 Å². The molecule has 1 unspecified atom stereocenters. The van der Waals surface area contributed by atoms with Crippen LogP contribution in [0.25, 0.3) is 0 Å². The van der Waals surface area contributed by atoms with Crippen molar-refractivity contribution < 1.29 is 13.2 Å². The first-order valence-corrected chi connectivity index (χ1v) is 7.25. The normalized spacial score (nSPS) is 12.5. The number of primary sulfonamides is 1. The van der Waals surface area contributed by atoms with E-state index >= 15 is 0 Å².